The number of hydrogen-bond acceptors (Lipinski definition) is 5. The summed E-state index contributed by atoms with van der Waals surface area (Å²) in [5.41, 5.74) is 7.59. The SMILES string of the molecule is COc1cc(F)cc(-c2cccc3[nH]c(-c4n[nH]c5ccc(-c6cncc(NC(=O)CC7CCCCC7)c6)nc45)cc23)c1. The number of amides is 1. The van der Waals surface area contributed by atoms with E-state index < -0.39 is 0 Å². The molecule has 9 heteroatoms. The highest BCUT2D eigenvalue weighted by Gasteiger charge is 2.19. The molecular formula is C34H31FN6O2. The Morgan fingerprint density at radius 1 is 1.00 bits per heavy atom. The van der Waals surface area contributed by atoms with E-state index in [1.807, 2.05) is 48.5 Å². The molecule has 8 nitrogen and oxygen atoms in total. The maximum absolute atomic E-state index is 14.3. The number of aromatic nitrogens is 5. The topological polar surface area (TPSA) is 109 Å². The molecule has 4 aromatic heterocycles. The van der Waals surface area contributed by atoms with Crippen LogP contribution in [0.15, 0.2) is 73.1 Å². The Morgan fingerprint density at radius 3 is 2.74 bits per heavy atom. The Labute approximate surface area is 247 Å². The number of benzene rings is 2. The zero-order chi connectivity index (χ0) is 29.3. The van der Waals surface area contributed by atoms with Crippen molar-refractivity contribution < 1.29 is 13.9 Å². The molecule has 1 saturated carbocycles. The molecule has 6 aromatic rings. The van der Waals surface area contributed by atoms with Crippen molar-refractivity contribution in [2.45, 2.75) is 38.5 Å². The largest absolute Gasteiger partial charge is 0.497 e. The summed E-state index contributed by atoms with van der Waals surface area (Å²) in [6.45, 7) is 0. The number of ether oxygens (including phenoxy) is 1. The molecule has 0 saturated heterocycles. The molecule has 43 heavy (non-hydrogen) atoms. The summed E-state index contributed by atoms with van der Waals surface area (Å²) in [6.07, 6.45) is 9.90. The molecule has 0 aliphatic heterocycles. The van der Waals surface area contributed by atoms with E-state index in [0.29, 0.717) is 35.0 Å². The molecule has 2 aromatic carbocycles. The number of fused-ring (bicyclic) bond motifs is 2. The Bertz CT molecular complexity index is 1960. The number of aromatic amines is 2. The van der Waals surface area contributed by atoms with Gasteiger partial charge < -0.3 is 15.0 Å². The number of H-pyrrole nitrogens is 2. The van der Waals surface area contributed by atoms with E-state index in [0.717, 1.165) is 57.3 Å². The second-order valence-corrected chi connectivity index (χ2v) is 11.2. The average molecular weight is 575 g/mol. The van der Waals surface area contributed by atoms with Gasteiger partial charge in [0.05, 0.1) is 35.9 Å². The third-order valence-electron chi connectivity index (χ3n) is 8.26. The molecule has 1 fully saturated rings. The number of hydrogen-bond donors (Lipinski definition) is 3. The van der Waals surface area contributed by atoms with Crippen LogP contribution >= 0.6 is 0 Å². The van der Waals surface area contributed by atoms with Gasteiger partial charge in [-0.1, -0.05) is 31.4 Å². The minimum atomic E-state index is -0.362. The van der Waals surface area contributed by atoms with E-state index in [1.54, 1.807) is 12.4 Å². The van der Waals surface area contributed by atoms with Crippen molar-refractivity contribution in [3.63, 3.8) is 0 Å². The Balaban J connectivity index is 1.20. The molecule has 216 valence electrons. The van der Waals surface area contributed by atoms with Gasteiger partial charge in [0, 0.05) is 35.2 Å². The quantitative estimate of drug-likeness (QED) is 0.180. The lowest BCUT2D eigenvalue weighted by atomic mass is 9.87. The smallest absolute Gasteiger partial charge is 0.224 e. The molecule has 3 N–H and O–H groups in total. The standard InChI is InChI=1S/C34H31FN6O2/c1-43-25-15-21(13-23(35)16-25)26-8-5-9-29-27(26)17-31(38-29)34-33-30(40-41-34)11-10-28(39-33)22-14-24(19-36-18-22)37-32(42)12-20-6-3-2-4-7-20/h5,8-11,13-20,38H,2-4,6-7,12H2,1H3,(H,37,42)(H,40,41). The van der Waals surface area contributed by atoms with Crippen LogP contribution in [-0.2, 0) is 4.79 Å². The molecule has 1 aliphatic carbocycles. The van der Waals surface area contributed by atoms with Crippen molar-refractivity contribution in [1.82, 2.24) is 25.1 Å². The van der Waals surface area contributed by atoms with Gasteiger partial charge in [0.25, 0.3) is 0 Å². The van der Waals surface area contributed by atoms with Crippen LogP contribution in [0.3, 0.4) is 0 Å². The molecule has 0 radical (unpaired) electrons. The summed E-state index contributed by atoms with van der Waals surface area (Å²) in [4.78, 5) is 25.5. The molecule has 0 spiro atoms. The van der Waals surface area contributed by atoms with Crippen LogP contribution in [0.25, 0.3) is 55.7 Å². The van der Waals surface area contributed by atoms with Gasteiger partial charge in [-0.25, -0.2) is 9.37 Å². The predicted molar refractivity (Wildman–Crippen MR) is 166 cm³/mol. The fourth-order valence-electron chi connectivity index (χ4n) is 6.13. The van der Waals surface area contributed by atoms with Crippen LogP contribution in [0.1, 0.15) is 38.5 Å². The minimum Gasteiger partial charge on any atom is -0.497 e. The van der Waals surface area contributed by atoms with Crippen molar-refractivity contribution in [2.24, 2.45) is 5.92 Å². The summed E-state index contributed by atoms with van der Waals surface area (Å²) in [6, 6.07) is 18.3. The summed E-state index contributed by atoms with van der Waals surface area (Å²) < 4.78 is 19.6. The second-order valence-electron chi connectivity index (χ2n) is 11.2. The molecule has 1 amide bonds. The zero-order valence-corrected chi connectivity index (χ0v) is 23.8. The lowest BCUT2D eigenvalue weighted by molar-refractivity contribution is -0.117. The number of methoxy groups -OCH3 is 1. The number of nitrogens with one attached hydrogen (secondary N) is 3. The van der Waals surface area contributed by atoms with Gasteiger partial charge in [-0.15, -0.1) is 0 Å². The van der Waals surface area contributed by atoms with Crippen LogP contribution in [-0.4, -0.2) is 38.2 Å². The van der Waals surface area contributed by atoms with E-state index in [9.17, 15) is 9.18 Å². The van der Waals surface area contributed by atoms with Gasteiger partial charge in [0.2, 0.25) is 5.91 Å². The molecule has 1 aliphatic rings. The van der Waals surface area contributed by atoms with Crippen molar-refractivity contribution in [3.8, 4) is 39.5 Å². The van der Waals surface area contributed by atoms with Gasteiger partial charge in [0.1, 0.15) is 22.8 Å². The molecule has 0 bridgehead atoms. The first kappa shape index (κ1) is 26.8. The van der Waals surface area contributed by atoms with E-state index in [-0.39, 0.29) is 11.7 Å². The fraction of sp³-hybridized carbons (Fsp3) is 0.235. The molecule has 7 rings (SSSR count). The number of rotatable bonds is 7. The number of nitrogens with zero attached hydrogens (tertiary/aromatic N) is 3. The van der Waals surface area contributed by atoms with Crippen LogP contribution in [0.4, 0.5) is 10.1 Å². The van der Waals surface area contributed by atoms with Gasteiger partial charge in [0.15, 0.2) is 0 Å². The maximum atomic E-state index is 14.3. The van der Waals surface area contributed by atoms with Gasteiger partial charge in [-0.2, -0.15) is 5.10 Å². The summed E-state index contributed by atoms with van der Waals surface area (Å²) >= 11 is 0. The minimum absolute atomic E-state index is 0.0289. The third-order valence-corrected chi connectivity index (χ3v) is 8.26. The fourth-order valence-corrected chi connectivity index (χ4v) is 6.13. The highest BCUT2D eigenvalue weighted by atomic mass is 19.1. The lowest BCUT2D eigenvalue weighted by Crippen LogP contribution is -2.18. The normalized spacial score (nSPS) is 13.9. The van der Waals surface area contributed by atoms with Gasteiger partial charge >= 0.3 is 0 Å². The summed E-state index contributed by atoms with van der Waals surface area (Å²) in [5.74, 6) is 0.590. The second kappa shape index (κ2) is 11.3. The number of halogens is 1. The van der Waals surface area contributed by atoms with E-state index in [1.165, 1.54) is 38.5 Å². The van der Waals surface area contributed by atoms with E-state index in [4.69, 9.17) is 9.72 Å². The van der Waals surface area contributed by atoms with Crippen LogP contribution in [0, 0.1) is 11.7 Å². The van der Waals surface area contributed by atoms with Crippen molar-refractivity contribution in [1.29, 1.82) is 0 Å². The van der Waals surface area contributed by atoms with E-state index >= 15 is 0 Å². The Hall–Kier alpha value is -5.05. The highest BCUT2D eigenvalue weighted by Crippen LogP contribution is 2.36. The monoisotopic (exact) mass is 574 g/mol. The van der Waals surface area contributed by atoms with Gasteiger partial charge in [-0.05, 0) is 72.4 Å². The van der Waals surface area contributed by atoms with Crippen LogP contribution in [0.2, 0.25) is 0 Å². The summed E-state index contributed by atoms with van der Waals surface area (Å²) in [5, 5.41) is 11.6. The predicted octanol–water partition coefficient (Wildman–Crippen LogP) is 7.89. The van der Waals surface area contributed by atoms with Crippen molar-refractivity contribution in [2.75, 3.05) is 12.4 Å². The first-order chi connectivity index (χ1) is 21.0. The number of pyridine rings is 2. The number of carbonyl (C=O) groups is 1. The first-order valence-corrected chi connectivity index (χ1v) is 14.6. The third kappa shape index (κ3) is 5.46. The average Bonchev–Trinajstić information content (AvgIpc) is 3.65. The van der Waals surface area contributed by atoms with Crippen molar-refractivity contribution in [3.05, 3.63) is 78.9 Å². The molecule has 4 heterocycles. The molecular weight excluding hydrogens is 543 g/mol. The van der Waals surface area contributed by atoms with Gasteiger partial charge in [-0.3, -0.25) is 14.9 Å². The molecule has 0 atom stereocenters. The maximum Gasteiger partial charge on any atom is 0.224 e. The van der Waals surface area contributed by atoms with Crippen LogP contribution < -0.4 is 10.1 Å². The Kier molecular flexibility index (Phi) is 7.06. The van der Waals surface area contributed by atoms with Crippen LogP contribution in [0.5, 0.6) is 5.75 Å². The van der Waals surface area contributed by atoms with E-state index in [2.05, 4.69) is 25.5 Å². The Morgan fingerprint density at radius 2 is 1.88 bits per heavy atom. The zero-order valence-electron chi connectivity index (χ0n) is 23.8. The highest BCUT2D eigenvalue weighted by molar-refractivity contribution is 6.00. The molecule has 0 unspecified atom stereocenters. The number of carbonyl (C=O) groups excluding carboxylic acids is 1. The number of anilines is 1. The summed E-state index contributed by atoms with van der Waals surface area (Å²) in [7, 11) is 1.53. The van der Waals surface area contributed by atoms with Crippen molar-refractivity contribution >= 4 is 33.5 Å². The lowest BCUT2D eigenvalue weighted by Gasteiger charge is -2.20. The first-order valence-electron chi connectivity index (χ1n) is 14.6.